The summed E-state index contributed by atoms with van der Waals surface area (Å²) in [4.78, 5) is 4.29. The fourth-order valence-corrected chi connectivity index (χ4v) is 1.77. The second kappa shape index (κ2) is 3.90. The van der Waals surface area contributed by atoms with Gasteiger partial charge in [0.2, 0.25) is 5.89 Å². The Labute approximate surface area is 103 Å². The molecule has 3 aromatic rings. The maximum absolute atomic E-state index is 9.85. The molecule has 0 unspecified atom stereocenters. The Kier molecular flexibility index (Phi) is 2.24. The number of para-hydroxylation sites is 2. The number of phenolic OH excluding ortho intramolecular Hbond substituents is 1. The van der Waals surface area contributed by atoms with Gasteiger partial charge >= 0.3 is 0 Å². The van der Waals surface area contributed by atoms with Crippen LogP contribution in [0.5, 0.6) is 5.75 Å². The molecule has 4 heteroatoms. The molecule has 0 saturated heterocycles. The lowest BCUT2D eigenvalue weighted by Gasteiger charge is -1.99. The Morgan fingerprint density at radius 1 is 1.17 bits per heavy atom. The third kappa shape index (κ3) is 1.59. The van der Waals surface area contributed by atoms with E-state index in [1.807, 2.05) is 30.3 Å². The van der Waals surface area contributed by atoms with Crippen molar-refractivity contribution in [3.8, 4) is 23.3 Å². The average Bonchev–Trinajstić information content (AvgIpc) is 2.81. The maximum atomic E-state index is 9.85. The number of rotatable bonds is 1. The van der Waals surface area contributed by atoms with Crippen LogP contribution in [0.25, 0.3) is 22.6 Å². The summed E-state index contributed by atoms with van der Waals surface area (Å²) in [6.45, 7) is 0. The average molecular weight is 236 g/mol. The van der Waals surface area contributed by atoms with E-state index in [1.165, 1.54) is 6.07 Å². The lowest BCUT2D eigenvalue weighted by molar-refractivity contribution is 0.474. The molecular formula is C14H8N2O2. The van der Waals surface area contributed by atoms with Gasteiger partial charge in [0.15, 0.2) is 5.58 Å². The highest BCUT2D eigenvalue weighted by Crippen LogP contribution is 2.31. The monoisotopic (exact) mass is 236 g/mol. The molecule has 18 heavy (non-hydrogen) atoms. The molecule has 1 N–H and O–H groups in total. The number of hydrogen-bond acceptors (Lipinski definition) is 4. The fraction of sp³-hybridized carbons (Fsp3) is 0. The quantitative estimate of drug-likeness (QED) is 0.704. The molecule has 2 aromatic carbocycles. The zero-order valence-electron chi connectivity index (χ0n) is 9.29. The number of aromatic nitrogens is 1. The number of aromatic hydroxyl groups is 1. The molecule has 0 atom stereocenters. The summed E-state index contributed by atoms with van der Waals surface area (Å²) < 4.78 is 5.55. The van der Waals surface area contributed by atoms with Gasteiger partial charge in [-0.05, 0) is 30.3 Å². The Morgan fingerprint density at radius 3 is 2.72 bits per heavy atom. The fourth-order valence-electron chi connectivity index (χ4n) is 1.77. The van der Waals surface area contributed by atoms with Gasteiger partial charge < -0.3 is 9.52 Å². The van der Waals surface area contributed by atoms with Crippen molar-refractivity contribution in [1.82, 2.24) is 4.98 Å². The van der Waals surface area contributed by atoms with Crippen LogP contribution in [0.2, 0.25) is 0 Å². The zero-order valence-corrected chi connectivity index (χ0v) is 9.29. The molecule has 3 rings (SSSR count). The summed E-state index contributed by atoms with van der Waals surface area (Å²) in [5.41, 5.74) is 2.27. The third-order valence-corrected chi connectivity index (χ3v) is 2.65. The van der Waals surface area contributed by atoms with Crippen molar-refractivity contribution in [1.29, 1.82) is 5.26 Å². The van der Waals surface area contributed by atoms with Gasteiger partial charge in [-0.1, -0.05) is 12.1 Å². The Bertz CT molecular complexity index is 736. The van der Waals surface area contributed by atoms with Crippen molar-refractivity contribution in [3.05, 3.63) is 48.0 Å². The van der Waals surface area contributed by atoms with Gasteiger partial charge in [0.25, 0.3) is 0 Å². The molecule has 0 aliphatic rings. The van der Waals surface area contributed by atoms with Crippen molar-refractivity contribution in [2.24, 2.45) is 0 Å². The van der Waals surface area contributed by atoms with Gasteiger partial charge in [-0.2, -0.15) is 5.26 Å². The van der Waals surface area contributed by atoms with E-state index in [9.17, 15) is 5.11 Å². The maximum Gasteiger partial charge on any atom is 0.231 e. The Morgan fingerprint density at radius 2 is 2.00 bits per heavy atom. The number of nitrogens with zero attached hydrogens (tertiary/aromatic N) is 2. The summed E-state index contributed by atoms with van der Waals surface area (Å²) in [5.74, 6) is 0.332. The van der Waals surface area contributed by atoms with E-state index >= 15 is 0 Å². The van der Waals surface area contributed by atoms with Crippen LogP contribution in [-0.2, 0) is 0 Å². The minimum Gasteiger partial charge on any atom is -0.507 e. The predicted octanol–water partition coefficient (Wildman–Crippen LogP) is 3.07. The van der Waals surface area contributed by atoms with E-state index in [1.54, 1.807) is 12.1 Å². The minimum atomic E-state index is -0.0133. The van der Waals surface area contributed by atoms with Crippen molar-refractivity contribution in [2.75, 3.05) is 0 Å². The molecule has 4 nitrogen and oxygen atoms in total. The molecule has 0 spiro atoms. The lowest BCUT2D eigenvalue weighted by atomic mass is 10.1. The van der Waals surface area contributed by atoms with Crippen LogP contribution in [0.3, 0.4) is 0 Å². The van der Waals surface area contributed by atoms with Crippen LogP contribution in [0.4, 0.5) is 0 Å². The van der Waals surface area contributed by atoms with E-state index in [4.69, 9.17) is 9.68 Å². The molecule has 0 bridgehead atoms. The summed E-state index contributed by atoms with van der Waals surface area (Å²) in [6.07, 6.45) is 0. The summed E-state index contributed by atoms with van der Waals surface area (Å²) >= 11 is 0. The number of phenols is 1. The Hall–Kier alpha value is -2.80. The van der Waals surface area contributed by atoms with Crippen LogP contribution >= 0.6 is 0 Å². The van der Waals surface area contributed by atoms with Gasteiger partial charge in [-0.15, -0.1) is 0 Å². The van der Waals surface area contributed by atoms with E-state index in [-0.39, 0.29) is 5.75 Å². The molecule has 0 aliphatic heterocycles. The van der Waals surface area contributed by atoms with Gasteiger partial charge in [0.1, 0.15) is 11.3 Å². The third-order valence-electron chi connectivity index (χ3n) is 2.65. The van der Waals surface area contributed by atoms with Crippen molar-refractivity contribution in [2.45, 2.75) is 0 Å². The standard InChI is InChI=1S/C14H8N2O2/c15-8-9-5-6-10(12(17)7-9)14-16-11-3-1-2-4-13(11)18-14/h1-7,17H. The van der Waals surface area contributed by atoms with Gasteiger partial charge in [-0.3, -0.25) is 0 Å². The number of nitriles is 1. The molecule has 0 aliphatic carbocycles. The predicted molar refractivity (Wildman–Crippen MR) is 65.8 cm³/mol. The summed E-state index contributed by atoms with van der Waals surface area (Å²) in [7, 11) is 0. The Balaban J connectivity index is 2.17. The molecule has 0 saturated carbocycles. The molecule has 1 aromatic heterocycles. The van der Waals surface area contributed by atoms with Crippen molar-refractivity contribution >= 4 is 11.1 Å². The first-order chi connectivity index (χ1) is 8.78. The second-order valence-corrected chi connectivity index (χ2v) is 3.83. The number of oxazole rings is 1. The topological polar surface area (TPSA) is 70.0 Å². The second-order valence-electron chi connectivity index (χ2n) is 3.83. The van der Waals surface area contributed by atoms with E-state index in [0.717, 1.165) is 5.52 Å². The normalized spacial score (nSPS) is 10.4. The summed E-state index contributed by atoms with van der Waals surface area (Å²) in [5, 5.41) is 18.6. The first kappa shape index (κ1) is 10.4. The van der Waals surface area contributed by atoms with Crippen molar-refractivity contribution in [3.63, 3.8) is 0 Å². The first-order valence-electron chi connectivity index (χ1n) is 5.37. The van der Waals surface area contributed by atoms with Gasteiger partial charge in [-0.25, -0.2) is 4.98 Å². The van der Waals surface area contributed by atoms with Crippen LogP contribution < -0.4 is 0 Å². The van der Waals surface area contributed by atoms with Crippen LogP contribution in [0, 0.1) is 11.3 Å². The van der Waals surface area contributed by atoms with E-state index in [2.05, 4.69) is 4.98 Å². The number of fused-ring (bicyclic) bond motifs is 1. The molecule has 0 radical (unpaired) electrons. The van der Waals surface area contributed by atoms with Crippen LogP contribution in [0.15, 0.2) is 46.9 Å². The SMILES string of the molecule is N#Cc1ccc(-c2nc3ccccc3o2)c(O)c1. The van der Waals surface area contributed by atoms with E-state index < -0.39 is 0 Å². The highest BCUT2D eigenvalue weighted by Gasteiger charge is 2.12. The van der Waals surface area contributed by atoms with Crippen LogP contribution in [0.1, 0.15) is 5.56 Å². The highest BCUT2D eigenvalue weighted by molar-refractivity contribution is 5.77. The van der Waals surface area contributed by atoms with E-state index in [0.29, 0.717) is 22.6 Å². The van der Waals surface area contributed by atoms with Gasteiger partial charge in [0.05, 0.1) is 17.2 Å². The number of benzene rings is 2. The molecule has 0 amide bonds. The highest BCUT2D eigenvalue weighted by atomic mass is 16.3. The van der Waals surface area contributed by atoms with Gasteiger partial charge in [0, 0.05) is 0 Å². The minimum absolute atomic E-state index is 0.0133. The van der Waals surface area contributed by atoms with Crippen LogP contribution in [-0.4, -0.2) is 10.1 Å². The molecule has 0 fully saturated rings. The lowest BCUT2D eigenvalue weighted by Crippen LogP contribution is -1.81. The smallest absolute Gasteiger partial charge is 0.231 e. The summed E-state index contributed by atoms with van der Waals surface area (Å²) in [6, 6.07) is 14.0. The molecule has 1 heterocycles. The number of hydrogen-bond donors (Lipinski definition) is 1. The largest absolute Gasteiger partial charge is 0.507 e. The molecular weight excluding hydrogens is 228 g/mol. The first-order valence-corrected chi connectivity index (χ1v) is 5.37. The van der Waals surface area contributed by atoms with Crippen molar-refractivity contribution < 1.29 is 9.52 Å². The zero-order chi connectivity index (χ0) is 12.5. The molecule has 86 valence electrons.